The number of carboxylic acids is 1. The van der Waals surface area contributed by atoms with Gasteiger partial charge in [0.1, 0.15) is 16.7 Å². The van der Waals surface area contributed by atoms with Gasteiger partial charge in [-0.3, -0.25) is 0 Å². The van der Waals surface area contributed by atoms with E-state index in [9.17, 15) is 4.79 Å². The van der Waals surface area contributed by atoms with Crippen molar-refractivity contribution in [1.82, 2.24) is 0 Å². The smallest absolute Gasteiger partial charge is 0.345 e. The van der Waals surface area contributed by atoms with Gasteiger partial charge in [0.05, 0.1) is 18.4 Å². The Balaban J connectivity index is 2.18. The molecule has 0 radical (unpaired) electrons. The minimum absolute atomic E-state index is 0.294. The molecule has 1 heterocycles. The van der Waals surface area contributed by atoms with Gasteiger partial charge in [0.2, 0.25) is 0 Å². The Morgan fingerprint density at radius 3 is 2.85 bits per heavy atom. The van der Waals surface area contributed by atoms with Crippen molar-refractivity contribution >= 4 is 23.0 Å². The zero-order valence-electron chi connectivity index (χ0n) is 10.7. The number of methoxy groups -OCH3 is 1. The van der Waals surface area contributed by atoms with Crippen molar-refractivity contribution in [3.05, 3.63) is 45.6 Å². The quantitative estimate of drug-likeness (QED) is 0.884. The number of hydrogen-bond donors (Lipinski definition) is 2. The molecule has 0 fully saturated rings. The molecule has 0 bridgehead atoms. The fourth-order valence-corrected chi connectivity index (χ4v) is 2.53. The number of anilines is 1. The molecule has 0 unspecified atom stereocenters. The first-order valence-corrected chi connectivity index (χ1v) is 6.60. The van der Waals surface area contributed by atoms with Crippen molar-refractivity contribution in [3.8, 4) is 11.8 Å². The van der Waals surface area contributed by atoms with Crippen LogP contribution in [0.2, 0.25) is 0 Å². The van der Waals surface area contributed by atoms with Crippen LogP contribution < -0.4 is 10.1 Å². The second-order valence-corrected chi connectivity index (χ2v) is 5.09. The summed E-state index contributed by atoms with van der Waals surface area (Å²) in [5.74, 6) is -0.352. The highest BCUT2D eigenvalue weighted by atomic mass is 32.1. The van der Waals surface area contributed by atoms with Crippen molar-refractivity contribution in [2.75, 3.05) is 12.4 Å². The highest BCUT2D eigenvalue weighted by Crippen LogP contribution is 2.29. The molecule has 2 N–H and O–H groups in total. The van der Waals surface area contributed by atoms with Crippen LogP contribution in [0.5, 0.6) is 5.75 Å². The summed E-state index contributed by atoms with van der Waals surface area (Å²) in [4.78, 5) is 12.0. The molecule has 5 nitrogen and oxygen atoms in total. The van der Waals surface area contributed by atoms with Gasteiger partial charge in [-0.25, -0.2) is 4.79 Å². The third-order valence-corrected chi connectivity index (χ3v) is 3.75. The molecule has 1 aromatic carbocycles. The summed E-state index contributed by atoms with van der Waals surface area (Å²) in [7, 11) is 1.54. The normalized spacial score (nSPS) is 9.80. The van der Waals surface area contributed by atoms with E-state index in [2.05, 4.69) is 11.4 Å². The third-order valence-electron chi connectivity index (χ3n) is 2.68. The molecule has 2 aromatic rings. The first-order chi connectivity index (χ1) is 9.65. The van der Waals surface area contributed by atoms with Gasteiger partial charge in [0.15, 0.2) is 0 Å². The summed E-state index contributed by atoms with van der Waals surface area (Å²) in [6, 6.07) is 10.6. The molecule has 2 rings (SSSR count). The number of rotatable bonds is 5. The van der Waals surface area contributed by atoms with Crippen LogP contribution in [0, 0.1) is 11.3 Å². The van der Waals surface area contributed by atoms with Crippen LogP contribution in [0.1, 0.15) is 20.1 Å². The van der Waals surface area contributed by atoms with E-state index >= 15 is 0 Å². The SMILES string of the molecule is COc1cccc(C#N)c1NCc1ccc(C(=O)O)s1. The van der Waals surface area contributed by atoms with Crippen molar-refractivity contribution < 1.29 is 14.6 Å². The number of ether oxygens (including phenoxy) is 1. The highest BCUT2D eigenvalue weighted by molar-refractivity contribution is 7.13. The lowest BCUT2D eigenvalue weighted by Gasteiger charge is -2.11. The molecule has 0 aliphatic rings. The van der Waals surface area contributed by atoms with E-state index < -0.39 is 5.97 Å². The maximum absolute atomic E-state index is 10.8. The van der Waals surface area contributed by atoms with Gasteiger partial charge in [0.25, 0.3) is 0 Å². The molecule has 0 aliphatic carbocycles. The maximum atomic E-state index is 10.8. The van der Waals surface area contributed by atoms with Crippen LogP contribution in [-0.2, 0) is 6.54 Å². The number of thiophene rings is 1. The lowest BCUT2D eigenvalue weighted by molar-refractivity contribution is 0.0702. The molecule has 20 heavy (non-hydrogen) atoms. The number of benzene rings is 1. The zero-order chi connectivity index (χ0) is 14.5. The van der Waals surface area contributed by atoms with Gasteiger partial charge in [0, 0.05) is 11.4 Å². The monoisotopic (exact) mass is 288 g/mol. The van der Waals surface area contributed by atoms with Crippen LogP contribution in [0.4, 0.5) is 5.69 Å². The predicted molar refractivity (Wildman–Crippen MR) is 76.3 cm³/mol. The predicted octanol–water partition coefficient (Wildman–Crippen LogP) is 2.94. The van der Waals surface area contributed by atoms with E-state index in [0.29, 0.717) is 28.4 Å². The van der Waals surface area contributed by atoms with E-state index in [1.165, 1.54) is 18.4 Å². The van der Waals surface area contributed by atoms with Gasteiger partial charge >= 0.3 is 5.97 Å². The summed E-state index contributed by atoms with van der Waals surface area (Å²) in [5, 5.41) is 21.1. The highest BCUT2D eigenvalue weighted by Gasteiger charge is 2.10. The summed E-state index contributed by atoms with van der Waals surface area (Å²) < 4.78 is 5.22. The number of carbonyl (C=O) groups is 1. The Morgan fingerprint density at radius 1 is 1.45 bits per heavy atom. The average Bonchev–Trinajstić information content (AvgIpc) is 2.93. The number of carboxylic acid groups (broad SMARTS) is 1. The zero-order valence-corrected chi connectivity index (χ0v) is 11.5. The van der Waals surface area contributed by atoms with Crippen LogP contribution in [0.25, 0.3) is 0 Å². The second-order valence-electron chi connectivity index (χ2n) is 3.92. The molecule has 0 saturated heterocycles. The standard InChI is InChI=1S/C14H12N2O3S/c1-19-11-4-2-3-9(7-15)13(11)16-8-10-5-6-12(20-10)14(17)18/h2-6,16H,8H2,1H3,(H,17,18). The summed E-state index contributed by atoms with van der Waals surface area (Å²) >= 11 is 1.20. The molecule has 0 atom stereocenters. The first-order valence-electron chi connectivity index (χ1n) is 5.78. The minimum atomic E-state index is -0.934. The number of nitrogens with zero attached hydrogens (tertiary/aromatic N) is 1. The fraction of sp³-hybridized carbons (Fsp3) is 0.143. The average molecular weight is 288 g/mol. The van der Waals surface area contributed by atoms with Gasteiger partial charge in [-0.2, -0.15) is 5.26 Å². The van der Waals surface area contributed by atoms with Gasteiger partial charge in [-0.1, -0.05) is 6.07 Å². The Labute approximate surface area is 120 Å². The number of aromatic carboxylic acids is 1. The number of nitriles is 1. The molecule has 6 heteroatoms. The van der Waals surface area contributed by atoms with Crippen LogP contribution in [-0.4, -0.2) is 18.2 Å². The second kappa shape index (κ2) is 6.08. The van der Waals surface area contributed by atoms with E-state index in [1.807, 2.05) is 0 Å². The van der Waals surface area contributed by atoms with E-state index in [1.54, 1.807) is 30.3 Å². The summed E-state index contributed by atoms with van der Waals surface area (Å²) in [6.45, 7) is 0.437. The largest absolute Gasteiger partial charge is 0.495 e. The number of para-hydroxylation sites is 1. The molecule has 102 valence electrons. The topological polar surface area (TPSA) is 82.3 Å². The van der Waals surface area contributed by atoms with Crippen LogP contribution in [0.3, 0.4) is 0 Å². The Hall–Kier alpha value is -2.52. The maximum Gasteiger partial charge on any atom is 0.345 e. The minimum Gasteiger partial charge on any atom is -0.495 e. The Morgan fingerprint density at radius 2 is 2.25 bits per heavy atom. The van der Waals surface area contributed by atoms with Crippen molar-refractivity contribution in [2.24, 2.45) is 0 Å². The summed E-state index contributed by atoms with van der Waals surface area (Å²) in [6.07, 6.45) is 0. The Bertz CT molecular complexity index is 673. The van der Waals surface area contributed by atoms with Gasteiger partial charge < -0.3 is 15.2 Å². The van der Waals surface area contributed by atoms with Crippen LogP contribution >= 0.6 is 11.3 Å². The first kappa shape index (κ1) is 13.9. The molecule has 0 spiro atoms. The molecule has 0 amide bonds. The number of hydrogen-bond acceptors (Lipinski definition) is 5. The van der Waals surface area contributed by atoms with Gasteiger partial charge in [-0.05, 0) is 24.3 Å². The third kappa shape index (κ3) is 2.90. The molecule has 1 aromatic heterocycles. The molecule has 0 aliphatic heterocycles. The lowest BCUT2D eigenvalue weighted by Crippen LogP contribution is -2.02. The molecule has 0 saturated carbocycles. The molecular weight excluding hydrogens is 276 g/mol. The van der Waals surface area contributed by atoms with Crippen molar-refractivity contribution in [1.29, 1.82) is 5.26 Å². The Kier molecular flexibility index (Phi) is 4.23. The van der Waals surface area contributed by atoms with E-state index in [0.717, 1.165) is 4.88 Å². The van der Waals surface area contributed by atoms with E-state index in [4.69, 9.17) is 15.1 Å². The number of nitrogens with one attached hydrogen (secondary N) is 1. The van der Waals surface area contributed by atoms with Gasteiger partial charge in [-0.15, -0.1) is 11.3 Å². The lowest BCUT2D eigenvalue weighted by atomic mass is 10.1. The summed E-state index contributed by atoms with van der Waals surface area (Å²) in [5.41, 5.74) is 1.10. The van der Waals surface area contributed by atoms with Crippen molar-refractivity contribution in [2.45, 2.75) is 6.54 Å². The molecular formula is C14H12N2O3S. The van der Waals surface area contributed by atoms with Crippen molar-refractivity contribution in [3.63, 3.8) is 0 Å². The van der Waals surface area contributed by atoms with E-state index in [-0.39, 0.29) is 0 Å². The fourth-order valence-electron chi connectivity index (χ4n) is 1.74. The van der Waals surface area contributed by atoms with Crippen LogP contribution in [0.15, 0.2) is 30.3 Å².